The maximum absolute atomic E-state index is 12.0. The molecule has 0 bridgehead atoms. The van der Waals surface area contributed by atoms with Gasteiger partial charge in [-0.2, -0.15) is 5.10 Å². The Morgan fingerprint density at radius 2 is 2.23 bits per heavy atom. The van der Waals surface area contributed by atoms with Crippen molar-refractivity contribution in [2.75, 3.05) is 6.61 Å². The van der Waals surface area contributed by atoms with Gasteiger partial charge in [0, 0.05) is 44.4 Å². The molecular formula is C15H19N5O2. The third-order valence-corrected chi connectivity index (χ3v) is 3.70. The topological polar surface area (TPSA) is 81.9 Å². The summed E-state index contributed by atoms with van der Waals surface area (Å²) in [5, 5.41) is 6.80. The minimum absolute atomic E-state index is 0.00633. The number of nitrogens with zero attached hydrogens (tertiary/aromatic N) is 4. The molecule has 0 aromatic carbocycles. The molecule has 0 unspecified atom stereocenters. The first-order valence-corrected chi connectivity index (χ1v) is 7.42. The number of aromatic nitrogens is 4. The molecule has 2 aromatic heterocycles. The second-order valence-corrected chi connectivity index (χ2v) is 5.33. The van der Waals surface area contributed by atoms with Crippen LogP contribution in [-0.2, 0) is 18.3 Å². The summed E-state index contributed by atoms with van der Waals surface area (Å²) in [6, 6.07) is 1.68. The number of rotatable bonds is 4. The van der Waals surface area contributed by atoms with E-state index in [1.807, 2.05) is 0 Å². The Labute approximate surface area is 128 Å². The molecule has 0 radical (unpaired) electrons. The van der Waals surface area contributed by atoms with Crippen LogP contribution < -0.4 is 5.32 Å². The maximum atomic E-state index is 12.0. The predicted octanol–water partition coefficient (Wildman–Crippen LogP) is 1.38. The van der Waals surface area contributed by atoms with Gasteiger partial charge < -0.3 is 10.1 Å². The Morgan fingerprint density at radius 3 is 2.86 bits per heavy atom. The maximum Gasteiger partial charge on any atom is 0.269 e. The first-order chi connectivity index (χ1) is 10.7. The van der Waals surface area contributed by atoms with Crippen LogP contribution in [-0.4, -0.2) is 32.3 Å². The number of aryl methyl sites for hydroxylation is 1. The molecule has 1 aliphatic rings. The molecule has 1 fully saturated rings. The smallest absolute Gasteiger partial charge is 0.269 e. The molecule has 3 rings (SSSR count). The van der Waals surface area contributed by atoms with Crippen molar-refractivity contribution in [3.05, 3.63) is 41.7 Å². The van der Waals surface area contributed by atoms with Gasteiger partial charge in [0.1, 0.15) is 11.8 Å². The zero-order valence-corrected chi connectivity index (χ0v) is 12.5. The van der Waals surface area contributed by atoms with Crippen molar-refractivity contribution in [3.63, 3.8) is 0 Å². The SMILES string of the molecule is Cn1nccc1C(=O)NCc1cnc([C@H]2CCCCO2)nc1. The monoisotopic (exact) mass is 301 g/mol. The summed E-state index contributed by atoms with van der Waals surface area (Å²) < 4.78 is 7.20. The molecule has 0 saturated carbocycles. The lowest BCUT2D eigenvalue weighted by Crippen LogP contribution is -2.25. The molecule has 7 nitrogen and oxygen atoms in total. The minimum atomic E-state index is -0.167. The van der Waals surface area contributed by atoms with Crippen LogP contribution in [0.25, 0.3) is 0 Å². The zero-order chi connectivity index (χ0) is 15.4. The number of amides is 1. The van der Waals surface area contributed by atoms with E-state index >= 15 is 0 Å². The van der Waals surface area contributed by atoms with Crippen molar-refractivity contribution in [3.8, 4) is 0 Å². The lowest BCUT2D eigenvalue weighted by molar-refractivity contribution is 0.00940. The molecule has 1 N–H and O–H groups in total. The van der Waals surface area contributed by atoms with Gasteiger partial charge in [-0.05, 0) is 25.3 Å². The molecule has 1 saturated heterocycles. The molecular weight excluding hydrogens is 282 g/mol. The Bertz CT molecular complexity index is 632. The molecule has 0 spiro atoms. The molecule has 1 amide bonds. The number of ether oxygens (including phenoxy) is 1. The molecule has 1 aliphatic heterocycles. The molecule has 7 heteroatoms. The van der Waals surface area contributed by atoms with Crippen LogP contribution in [0.1, 0.15) is 47.2 Å². The van der Waals surface area contributed by atoms with Gasteiger partial charge in [-0.15, -0.1) is 0 Å². The zero-order valence-electron chi connectivity index (χ0n) is 12.5. The van der Waals surface area contributed by atoms with E-state index in [1.54, 1.807) is 31.7 Å². The summed E-state index contributed by atoms with van der Waals surface area (Å²) in [5.41, 5.74) is 1.38. The van der Waals surface area contributed by atoms with Gasteiger partial charge in [0.15, 0.2) is 5.82 Å². The van der Waals surface area contributed by atoms with Crippen LogP contribution in [0.3, 0.4) is 0 Å². The average Bonchev–Trinajstić information content (AvgIpc) is 3.00. The second kappa shape index (κ2) is 6.65. The summed E-state index contributed by atoms with van der Waals surface area (Å²) in [5.74, 6) is 0.557. The fourth-order valence-corrected chi connectivity index (χ4v) is 2.44. The fraction of sp³-hybridized carbons (Fsp3) is 0.467. The van der Waals surface area contributed by atoms with Gasteiger partial charge in [0.25, 0.3) is 5.91 Å². The summed E-state index contributed by atoms with van der Waals surface area (Å²) in [6.07, 6.45) is 8.30. The Hall–Kier alpha value is -2.28. The number of nitrogens with one attached hydrogen (secondary N) is 1. The van der Waals surface area contributed by atoms with E-state index in [4.69, 9.17) is 4.74 Å². The number of carbonyl (C=O) groups is 1. The summed E-state index contributed by atoms with van der Waals surface area (Å²) in [6.45, 7) is 1.16. The van der Waals surface area contributed by atoms with Crippen molar-refractivity contribution in [1.82, 2.24) is 25.1 Å². The van der Waals surface area contributed by atoms with Crippen LogP contribution in [0.2, 0.25) is 0 Å². The van der Waals surface area contributed by atoms with E-state index in [-0.39, 0.29) is 12.0 Å². The Balaban J connectivity index is 1.57. The highest BCUT2D eigenvalue weighted by Crippen LogP contribution is 2.24. The number of hydrogen-bond donors (Lipinski definition) is 1. The first-order valence-electron chi connectivity index (χ1n) is 7.42. The van der Waals surface area contributed by atoms with E-state index in [1.165, 1.54) is 4.68 Å². The normalized spacial score (nSPS) is 18.1. The van der Waals surface area contributed by atoms with E-state index in [9.17, 15) is 4.79 Å². The Kier molecular flexibility index (Phi) is 4.43. The molecule has 3 heterocycles. The number of carbonyl (C=O) groups excluding carboxylic acids is 1. The van der Waals surface area contributed by atoms with Crippen LogP contribution in [0.5, 0.6) is 0 Å². The highest BCUT2D eigenvalue weighted by Gasteiger charge is 2.18. The van der Waals surface area contributed by atoms with Crippen molar-refractivity contribution in [2.45, 2.75) is 31.9 Å². The van der Waals surface area contributed by atoms with Gasteiger partial charge >= 0.3 is 0 Å². The number of hydrogen-bond acceptors (Lipinski definition) is 5. The average molecular weight is 301 g/mol. The van der Waals surface area contributed by atoms with Gasteiger partial charge in [0.2, 0.25) is 0 Å². The predicted molar refractivity (Wildman–Crippen MR) is 79.0 cm³/mol. The third kappa shape index (κ3) is 3.30. The van der Waals surface area contributed by atoms with E-state index in [0.29, 0.717) is 12.2 Å². The van der Waals surface area contributed by atoms with Gasteiger partial charge in [0.05, 0.1) is 0 Å². The quantitative estimate of drug-likeness (QED) is 0.922. The lowest BCUT2D eigenvalue weighted by Gasteiger charge is -2.21. The van der Waals surface area contributed by atoms with Crippen molar-refractivity contribution >= 4 is 5.91 Å². The minimum Gasteiger partial charge on any atom is -0.370 e. The van der Waals surface area contributed by atoms with E-state index < -0.39 is 0 Å². The summed E-state index contributed by atoms with van der Waals surface area (Å²) in [7, 11) is 1.73. The third-order valence-electron chi connectivity index (χ3n) is 3.70. The molecule has 0 aliphatic carbocycles. The van der Waals surface area contributed by atoms with Crippen molar-refractivity contribution in [2.24, 2.45) is 7.05 Å². The fourth-order valence-electron chi connectivity index (χ4n) is 2.44. The van der Waals surface area contributed by atoms with E-state index in [0.717, 1.165) is 37.3 Å². The van der Waals surface area contributed by atoms with Crippen LogP contribution in [0, 0.1) is 0 Å². The van der Waals surface area contributed by atoms with Crippen LogP contribution >= 0.6 is 0 Å². The van der Waals surface area contributed by atoms with Gasteiger partial charge in [-0.1, -0.05) is 0 Å². The second-order valence-electron chi connectivity index (χ2n) is 5.33. The van der Waals surface area contributed by atoms with Crippen molar-refractivity contribution < 1.29 is 9.53 Å². The largest absolute Gasteiger partial charge is 0.370 e. The molecule has 22 heavy (non-hydrogen) atoms. The van der Waals surface area contributed by atoms with Crippen LogP contribution in [0.4, 0.5) is 0 Å². The summed E-state index contributed by atoms with van der Waals surface area (Å²) in [4.78, 5) is 20.7. The van der Waals surface area contributed by atoms with Gasteiger partial charge in [-0.3, -0.25) is 9.48 Å². The van der Waals surface area contributed by atoms with Crippen LogP contribution in [0.15, 0.2) is 24.7 Å². The Morgan fingerprint density at radius 1 is 1.41 bits per heavy atom. The first kappa shape index (κ1) is 14.6. The molecule has 116 valence electrons. The summed E-state index contributed by atoms with van der Waals surface area (Å²) >= 11 is 0. The highest BCUT2D eigenvalue weighted by molar-refractivity contribution is 5.92. The molecule has 2 aromatic rings. The van der Waals surface area contributed by atoms with E-state index in [2.05, 4.69) is 20.4 Å². The lowest BCUT2D eigenvalue weighted by atomic mass is 10.1. The van der Waals surface area contributed by atoms with Gasteiger partial charge in [-0.25, -0.2) is 9.97 Å². The van der Waals surface area contributed by atoms with Crippen molar-refractivity contribution in [1.29, 1.82) is 0 Å². The highest BCUT2D eigenvalue weighted by atomic mass is 16.5. The standard InChI is InChI=1S/C15H19N5O2/c1-20-12(5-6-19-20)15(21)18-10-11-8-16-14(17-9-11)13-4-2-3-7-22-13/h5-6,8-9,13H,2-4,7,10H2,1H3,(H,18,21)/t13-/m1/s1. The molecule has 1 atom stereocenters.